The highest BCUT2D eigenvalue weighted by Gasteiger charge is 2.49. The SMILES string of the molecule is CCC[C@@H]1C[C@@H](C(=O)NC(C(C)Sc2nnc(-c3cc(OC)c(F)cc3[N+](=O)[O-])s2)[C@H]2O[C@H](SC)[C@H](O)[C@@H](O)[C@H]2O)N(C)C1. The summed E-state index contributed by atoms with van der Waals surface area (Å²) in [7, 11) is 3.15. The molecule has 9 atom stereocenters. The Hall–Kier alpha value is -2.12. The first-order chi connectivity index (χ1) is 20.9. The molecule has 0 bridgehead atoms. The highest BCUT2D eigenvalue weighted by molar-refractivity contribution is 8.01. The van der Waals surface area contributed by atoms with Crippen LogP contribution in [0.25, 0.3) is 10.6 Å². The number of nitro groups is 1. The molecule has 1 amide bonds. The summed E-state index contributed by atoms with van der Waals surface area (Å²) in [6.45, 7) is 4.69. The number of nitrogens with zero attached hydrogens (tertiary/aromatic N) is 4. The maximum Gasteiger partial charge on any atom is 0.282 e. The second-order valence-electron chi connectivity index (χ2n) is 11.0. The van der Waals surface area contributed by atoms with Gasteiger partial charge in [0.2, 0.25) is 5.91 Å². The van der Waals surface area contributed by atoms with Crippen molar-refractivity contribution in [3.05, 3.63) is 28.1 Å². The quantitative estimate of drug-likeness (QED) is 0.147. The fourth-order valence-electron chi connectivity index (χ4n) is 5.74. The number of benzene rings is 1. The number of carbonyl (C=O) groups excluding carboxylic acids is 1. The van der Waals surface area contributed by atoms with Crippen LogP contribution in [0.3, 0.4) is 0 Å². The van der Waals surface area contributed by atoms with Gasteiger partial charge >= 0.3 is 0 Å². The first-order valence-electron chi connectivity index (χ1n) is 14.2. The van der Waals surface area contributed by atoms with Gasteiger partial charge < -0.3 is 30.1 Å². The Balaban J connectivity index is 1.61. The average Bonchev–Trinajstić information content (AvgIpc) is 3.61. The average molecular weight is 676 g/mol. The number of hydrogen-bond donors (Lipinski definition) is 4. The molecule has 0 radical (unpaired) electrons. The van der Waals surface area contributed by atoms with E-state index >= 15 is 0 Å². The molecular formula is C27H38FN5O8S3. The lowest BCUT2D eigenvalue weighted by atomic mass is 9.92. The van der Waals surface area contributed by atoms with E-state index in [0.29, 0.717) is 16.7 Å². The molecule has 4 N–H and O–H groups in total. The number of likely N-dealkylation sites (tertiary alicyclic amines) is 1. The van der Waals surface area contributed by atoms with E-state index in [4.69, 9.17) is 9.47 Å². The molecule has 2 aliphatic rings. The Labute approximate surface area is 267 Å². The molecule has 2 aromatic rings. The van der Waals surface area contributed by atoms with Gasteiger partial charge in [-0.15, -0.1) is 22.0 Å². The molecule has 44 heavy (non-hydrogen) atoms. The Bertz CT molecular complexity index is 1320. The zero-order valence-electron chi connectivity index (χ0n) is 25.0. The molecule has 2 saturated heterocycles. The number of methoxy groups -OCH3 is 1. The molecule has 2 unspecified atom stereocenters. The predicted octanol–water partition coefficient (Wildman–Crippen LogP) is 2.52. The lowest BCUT2D eigenvalue weighted by molar-refractivity contribution is -0.384. The van der Waals surface area contributed by atoms with E-state index in [9.17, 15) is 34.6 Å². The number of aromatic nitrogens is 2. The molecule has 13 nitrogen and oxygen atoms in total. The smallest absolute Gasteiger partial charge is 0.282 e. The van der Waals surface area contributed by atoms with Crippen LogP contribution in [0, 0.1) is 21.8 Å². The minimum Gasteiger partial charge on any atom is -0.494 e. The third-order valence-electron chi connectivity index (χ3n) is 8.03. The van der Waals surface area contributed by atoms with Crippen LogP contribution in [0.4, 0.5) is 10.1 Å². The van der Waals surface area contributed by atoms with Crippen molar-refractivity contribution < 1.29 is 38.9 Å². The molecule has 0 saturated carbocycles. The molecule has 4 rings (SSSR count). The van der Waals surface area contributed by atoms with Gasteiger partial charge in [0, 0.05) is 17.9 Å². The van der Waals surface area contributed by atoms with E-state index in [1.165, 1.54) is 36.7 Å². The van der Waals surface area contributed by atoms with Gasteiger partial charge in [0.15, 0.2) is 20.9 Å². The monoisotopic (exact) mass is 675 g/mol. The number of thioether (sulfide) groups is 2. The van der Waals surface area contributed by atoms with Gasteiger partial charge in [-0.05, 0) is 32.1 Å². The van der Waals surface area contributed by atoms with Crippen LogP contribution in [0.2, 0.25) is 0 Å². The Kier molecular flexibility index (Phi) is 11.8. The number of carbonyl (C=O) groups is 1. The predicted molar refractivity (Wildman–Crippen MR) is 165 cm³/mol. The summed E-state index contributed by atoms with van der Waals surface area (Å²) >= 11 is 3.40. The van der Waals surface area contributed by atoms with Gasteiger partial charge in [-0.2, -0.15) is 0 Å². The Morgan fingerprint density at radius 3 is 2.68 bits per heavy atom. The minimum absolute atomic E-state index is 0.0342. The standard InChI is InChI=1S/C27H38FN5O8S3/c1-6-7-13-8-17(32(3)11-13)24(37)29-19(23-21(35)20(34)22(36)26(41-23)42-5)12(2)43-27-31-30-25(44-27)14-9-18(40-4)15(28)10-16(14)33(38)39/h9-10,12-13,17,19-23,26,34-36H,6-8,11H2,1-5H3,(H,29,37)/t12?,13-,17+,19?,20+,21-,22-,23-,26-/m1/s1. The fourth-order valence-corrected chi connectivity index (χ4v) is 8.68. The van der Waals surface area contributed by atoms with E-state index in [1.807, 2.05) is 11.9 Å². The van der Waals surface area contributed by atoms with Gasteiger partial charge in [0.25, 0.3) is 5.69 Å². The number of nitrogens with one attached hydrogen (secondary N) is 1. The topological polar surface area (TPSA) is 180 Å². The number of nitro benzene ring substituents is 1. The molecule has 0 spiro atoms. The van der Waals surface area contributed by atoms with E-state index in [1.54, 1.807) is 13.2 Å². The van der Waals surface area contributed by atoms with E-state index in [-0.39, 0.29) is 28.3 Å². The first-order valence-corrected chi connectivity index (χ1v) is 17.1. The molecule has 17 heteroatoms. The van der Waals surface area contributed by atoms with Crippen LogP contribution in [0.15, 0.2) is 16.5 Å². The summed E-state index contributed by atoms with van der Waals surface area (Å²) in [5.41, 5.74) is -1.31. The van der Waals surface area contributed by atoms with Gasteiger partial charge in [-0.25, -0.2) is 4.39 Å². The number of ether oxygens (including phenoxy) is 2. The summed E-state index contributed by atoms with van der Waals surface area (Å²) < 4.78 is 25.7. The third-order valence-corrected chi connectivity index (χ3v) is 11.1. The number of halogens is 1. The largest absolute Gasteiger partial charge is 0.494 e. The van der Waals surface area contributed by atoms with Crippen LogP contribution >= 0.6 is 34.9 Å². The molecule has 244 valence electrons. The lowest BCUT2D eigenvalue weighted by Crippen LogP contribution is -2.65. The summed E-state index contributed by atoms with van der Waals surface area (Å²) in [5, 5.41) is 54.7. The number of rotatable bonds is 12. The van der Waals surface area contributed by atoms with E-state index < -0.39 is 57.6 Å². The summed E-state index contributed by atoms with van der Waals surface area (Å²) in [6.07, 6.45) is -1.01. The number of aliphatic hydroxyl groups is 3. The summed E-state index contributed by atoms with van der Waals surface area (Å²) in [4.78, 5) is 26.6. The van der Waals surface area contributed by atoms with Crippen molar-refractivity contribution in [2.24, 2.45) is 5.92 Å². The van der Waals surface area contributed by atoms with Crippen molar-refractivity contribution in [2.75, 3.05) is 27.0 Å². The van der Waals surface area contributed by atoms with Crippen LogP contribution in [-0.4, -0.2) is 115 Å². The maximum atomic E-state index is 14.2. The number of hydrogen-bond acceptors (Lipinski definition) is 14. The molecule has 2 aliphatic heterocycles. The van der Waals surface area contributed by atoms with Gasteiger partial charge in [0.1, 0.15) is 29.9 Å². The zero-order chi connectivity index (χ0) is 32.3. The molecule has 3 heterocycles. The molecule has 0 aliphatic carbocycles. The first kappa shape index (κ1) is 34.7. The molecule has 1 aromatic carbocycles. The number of aliphatic hydroxyl groups excluding tert-OH is 3. The number of likely N-dealkylation sites (N-methyl/N-ethyl adjacent to an activating group) is 1. The van der Waals surface area contributed by atoms with Crippen LogP contribution in [0.5, 0.6) is 5.75 Å². The van der Waals surface area contributed by atoms with Crippen LogP contribution < -0.4 is 10.1 Å². The van der Waals surface area contributed by atoms with Gasteiger partial charge in [-0.1, -0.05) is 43.4 Å². The fraction of sp³-hybridized carbons (Fsp3) is 0.667. The highest BCUT2D eigenvalue weighted by atomic mass is 32.2. The van der Waals surface area contributed by atoms with E-state index in [0.717, 1.165) is 36.8 Å². The second-order valence-corrected chi connectivity index (χ2v) is 14.6. The van der Waals surface area contributed by atoms with Crippen molar-refractivity contribution >= 4 is 46.5 Å². The minimum atomic E-state index is -1.51. The highest BCUT2D eigenvalue weighted by Crippen LogP contribution is 2.40. The maximum absolute atomic E-state index is 14.2. The van der Waals surface area contributed by atoms with E-state index in [2.05, 4.69) is 22.4 Å². The van der Waals surface area contributed by atoms with Crippen molar-refractivity contribution in [1.82, 2.24) is 20.4 Å². The summed E-state index contributed by atoms with van der Waals surface area (Å²) in [5.74, 6) is -0.927. The normalized spacial score (nSPS) is 28.9. The summed E-state index contributed by atoms with van der Waals surface area (Å²) in [6, 6.07) is 0.734. The van der Waals surface area contributed by atoms with Gasteiger partial charge in [-0.3, -0.25) is 19.8 Å². The van der Waals surface area contributed by atoms with Crippen molar-refractivity contribution in [3.63, 3.8) is 0 Å². The second kappa shape index (κ2) is 15.0. The van der Waals surface area contributed by atoms with Crippen LogP contribution in [0.1, 0.15) is 33.1 Å². The molecule has 1 aromatic heterocycles. The zero-order valence-corrected chi connectivity index (χ0v) is 27.4. The molecule has 2 fully saturated rings. The van der Waals surface area contributed by atoms with Crippen molar-refractivity contribution in [1.29, 1.82) is 0 Å². The Morgan fingerprint density at radius 2 is 2.05 bits per heavy atom. The van der Waals surface area contributed by atoms with Crippen molar-refractivity contribution in [2.45, 2.75) is 84.6 Å². The Morgan fingerprint density at radius 1 is 1.32 bits per heavy atom. The van der Waals surface area contributed by atoms with Gasteiger partial charge in [0.05, 0.1) is 35.7 Å². The molecular weight excluding hydrogens is 638 g/mol. The van der Waals surface area contributed by atoms with Crippen molar-refractivity contribution in [3.8, 4) is 16.3 Å². The number of amides is 1. The third kappa shape index (κ3) is 7.46. The lowest BCUT2D eigenvalue weighted by Gasteiger charge is -2.44. The van der Waals surface area contributed by atoms with Crippen LogP contribution in [-0.2, 0) is 9.53 Å².